The Balaban J connectivity index is 1.63. The maximum absolute atomic E-state index is 12.5. The number of amides is 1. The van der Waals surface area contributed by atoms with E-state index in [4.69, 9.17) is 0 Å². The van der Waals surface area contributed by atoms with Crippen LogP contribution in [0.15, 0.2) is 30.3 Å². The molecule has 0 saturated carbocycles. The van der Waals surface area contributed by atoms with Crippen LogP contribution in [-0.2, 0) is 11.3 Å². The second-order valence-corrected chi connectivity index (χ2v) is 7.74. The molecule has 1 heterocycles. The quantitative estimate of drug-likeness (QED) is 0.662. The average Bonchev–Trinajstić information content (AvgIpc) is 3.06. The van der Waals surface area contributed by atoms with E-state index in [0.717, 1.165) is 52.0 Å². The van der Waals surface area contributed by atoms with Gasteiger partial charge in [-0.25, -0.2) is 0 Å². The van der Waals surface area contributed by atoms with Crippen molar-refractivity contribution in [1.82, 2.24) is 15.1 Å². The molecule has 25 heavy (non-hydrogen) atoms. The van der Waals surface area contributed by atoms with Gasteiger partial charge in [0, 0.05) is 13.1 Å². The fourth-order valence-corrected chi connectivity index (χ4v) is 3.47. The molecule has 1 N–H and O–H groups in total. The van der Waals surface area contributed by atoms with Gasteiger partial charge in [0.2, 0.25) is 5.91 Å². The Hall–Kier alpha value is -1.39. The maximum Gasteiger partial charge on any atom is 0.237 e. The van der Waals surface area contributed by atoms with Crippen LogP contribution in [0, 0.1) is 5.92 Å². The molecule has 1 saturated heterocycles. The first-order valence-electron chi connectivity index (χ1n) is 9.80. The molecule has 1 aliphatic rings. The lowest BCUT2D eigenvalue weighted by Gasteiger charge is -2.24. The summed E-state index contributed by atoms with van der Waals surface area (Å²) < 4.78 is 0. The van der Waals surface area contributed by atoms with Crippen molar-refractivity contribution >= 4 is 5.91 Å². The number of nitrogens with one attached hydrogen (secondary N) is 1. The largest absolute Gasteiger partial charge is 0.355 e. The highest BCUT2D eigenvalue weighted by Crippen LogP contribution is 2.18. The molecule has 0 aliphatic carbocycles. The van der Waals surface area contributed by atoms with Gasteiger partial charge in [0.25, 0.3) is 0 Å². The monoisotopic (exact) mass is 345 g/mol. The number of nitrogens with zero attached hydrogens (tertiary/aromatic N) is 2. The van der Waals surface area contributed by atoms with Crippen LogP contribution < -0.4 is 5.32 Å². The SMILES string of the molecule is CC(C)CCN1CCC[C@H]1C(=O)NCCCN(C)Cc1ccccc1. The molecular weight excluding hydrogens is 310 g/mol. The highest BCUT2D eigenvalue weighted by molar-refractivity contribution is 5.82. The molecule has 140 valence electrons. The second kappa shape index (κ2) is 10.6. The van der Waals surface area contributed by atoms with E-state index in [1.54, 1.807) is 0 Å². The van der Waals surface area contributed by atoms with Gasteiger partial charge in [0.1, 0.15) is 0 Å². The predicted octanol–water partition coefficient (Wildman–Crippen LogP) is 3.14. The molecule has 1 fully saturated rings. The van der Waals surface area contributed by atoms with Gasteiger partial charge >= 0.3 is 0 Å². The predicted molar refractivity (Wildman–Crippen MR) is 104 cm³/mol. The second-order valence-electron chi connectivity index (χ2n) is 7.74. The van der Waals surface area contributed by atoms with Gasteiger partial charge < -0.3 is 10.2 Å². The van der Waals surface area contributed by atoms with E-state index in [1.807, 2.05) is 6.07 Å². The van der Waals surface area contributed by atoms with Crippen molar-refractivity contribution in [3.05, 3.63) is 35.9 Å². The van der Waals surface area contributed by atoms with Crippen LogP contribution in [0.25, 0.3) is 0 Å². The molecule has 4 heteroatoms. The van der Waals surface area contributed by atoms with Crippen molar-refractivity contribution in [2.24, 2.45) is 5.92 Å². The van der Waals surface area contributed by atoms with Crippen LogP contribution in [0.3, 0.4) is 0 Å². The van der Waals surface area contributed by atoms with E-state index >= 15 is 0 Å². The van der Waals surface area contributed by atoms with Gasteiger partial charge in [-0.3, -0.25) is 9.69 Å². The van der Waals surface area contributed by atoms with Crippen molar-refractivity contribution in [2.75, 3.05) is 33.2 Å². The van der Waals surface area contributed by atoms with E-state index in [-0.39, 0.29) is 11.9 Å². The summed E-state index contributed by atoms with van der Waals surface area (Å²) in [5.41, 5.74) is 1.33. The molecule has 4 nitrogen and oxygen atoms in total. The number of carbonyl (C=O) groups is 1. The molecule has 0 radical (unpaired) electrons. The highest BCUT2D eigenvalue weighted by atomic mass is 16.2. The minimum absolute atomic E-state index is 0.0980. The third kappa shape index (κ3) is 7.17. The van der Waals surface area contributed by atoms with Crippen LogP contribution >= 0.6 is 0 Å². The van der Waals surface area contributed by atoms with Crippen molar-refractivity contribution in [3.8, 4) is 0 Å². The topological polar surface area (TPSA) is 35.6 Å². The van der Waals surface area contributed by atoms with Gasteiger partial charge in [0.05, 0.1) is 6.04 Å². The normalized spacial score (nSPS) is 18.2. The summed E-state index contributed by atoms with van der Waals surface area (Å²) in [5, 5.41) is 3.15. The highest BCUT2D eigenvalue weighted by Gasteiger charge is 2.29. The Kier molecular flexibility index (Phi) is 8.42. The van der Waals surface area contributed by atoms with Crippen LogP contribution in [0.2, 0.25) is 0 Å². The summed E-state index contributed by atoms with van der Waals surface area (Å²) in [6, 6.07) is 10.6. The van der Waals surface area contributed by atoms with Crippen LogP contribution in [-0.4, -0.2) is 55.0 Å². The van der Waals surface area contributed by atoms with Gasteiger partial charge in [-0.15, -0.1) is 0 Å². The summed E-state index contributed by atoms with van der Waals surface area (Å²) in [6.45, 7) is 9.35. The molecule has 0 spiro atoms. The van der Waals surface area contributed by atoms with Crippen molar-refractivity contribution < 1.29 is 4.79 Å². The number of hydrogen-bond acceptors (Lipinski definition) is 3. The minimum Gasteiger partial charge on any atom is -0.355 e. The van der Waals surface area contributed by atoms with Crippen molar-refractivity contribution in [3.63, 3.8) is 0 Å². The van der Waals surface area contributed by atoms with Gasteiger partial charge in [0.15, 0.2) is 0 Å². The van der Waals surface area contributed by atoms with E-state index in [1.165, 1.54) is 12.0 Å². The average molecular weight is 346 g/mol. The number of likely N-dealkylation sites (tertiary alicyclic amines) is 1. The molecule has 2 rings (SSSR count). The Morgan fingerprint density at radius 3 is 2.80 bits per heavy atom. The fraction of sp³-hybridized carbons (Fsp3) is 0.667. The van der Waals surface area contributed by atoms with Crippen molar-refractivity contribution in [1.29, 1.82) is 0 Å². The van der Waals surface area contributed by atoms with Gasteiger partial charge in [-0.1, -0.05) is 44.2 Å². The maximum atomic E-state index is 12.5. The molecule has 1 aromatic rings. The van der Waals surface area contributed by atoms with E-state index in [0.29, 0.717) is 5.92 Å². The standard InChI is InChI=1S/C21H35N3O/c1-18(2)12-16-24-15-7-11-20(24)21(25)22-13-8-14-23(3)17-19-9-5-4-6-10-19/h4-6,9-10,18,20H,7-8,11-17H2,1-3H3,(H,22,25)/t20-/m0/s1. The molecule has 1 atom stereocenters. The Labute approximate surface area is 153 Å². The number of carbonyl (C=O) groups excluding carboxylic acids is 1. The number of hydrogen-bond donors (Lipinski definition) is 1. The smallest absolute Gasteiger partial charge is 0.237 e. The number of benzene rings is 1. The van der Waals surface area contributed by atoms with Crippen LogP contribution in [0.4, 0.5) is 0 Å². The van der Waals surface area contributed by atoms with Crippen LogP contribution in [0.1, 0.15) is 45.1 Å². The molecule has 0 bridgehead atoms. The van der Waals surface area contributed by atoms with Crippen molar-refractivity contribution in [2.45, 2.75) is 52.1 Å². The first-order valence-corrected chi connectivity index (χ1v) is 9.80. The Bertz CT molecular complexity index is 503. The van der Waals surface area contributed by atoms with Gasteiger partial charge in [-0.2, -0.15) is 0 Å². The van der Waals surface area contributed by atoms with Gasteiger partial charge in [-0.05, 0) is 63.8 Å². The molecular formula is C21H35N3O. The summed E-state index contributed by atoms with van der Waals surface area (Å²) >= 11 is 0. The molecule has 1 aliphatic heterocycles. The summed E-state index contributed by atoms with van der Waals surface area (Å²) in [6.07, 6.45) is 4.33. The lowest BCUT2D eigenvalue weighted by Crippen LogP contribution is -2.44. The zero-order valence-corrected chi connectivity index (χ0v) is 16.2. The molecule has 1 aromatic carbocycles. The van der Waals surface area contributed by atoms with E-state index < -0.39 is 0 Å². The zero-order chi connectivity index (χ0) is 18.1. The van der Waals surface area contributed by atoms with Crippen LogP contribution in [0.5, 0.6) is 0 Å². The van der Waals surface area contributed by atoms with E-state index in [9.17, 15) is 4.79 Å². The Morgan fingerprint density at radius 1 is 1.32 bits per heavy atom. The Morgan fingerprint density at radius 2 is 2.08 bits per heavy atom. The summed E-state index contributed by atoms with van der Waals surface area (Å²) in [4.78, 5) is 17.2. The molecule has 0 unspecified atom stereocenters. The summed E-state index contributed by atoms with van der Waals surface area (Å²) in [5.74, 6) is 0.927. The molecule has 1 amide bonds. The first-order chi connectivity index (χ1) is 12.1. The lowest BCUT2D eigenvalue weighted by atomic mass is 10.1. The number of rotatable bonds is 10. The third-order valence-corrected chi connectivity index (χ3v) is 4.97. The van der Waals surface area contributed by atoms with E-state index in [2.05, 4.69) is 60.3 Å². The summed E-state index contributed by atoms with van der Waals surface area (Å²) in [7, 11) is 2.14. The lowest BCUT2D eigenvalue weighted by molar-refractivity contribution is -0.125. The minimum atomic E-state index is 0.0980. The zero-order valence-electron chi connectivity index (χ0n) is 16.2. The fourth-order valence-electron chi connectivity index (χ4n) is 3.47. The third-order valence-electron chi connectivity index (χ3n) is 4.97. The first kappa shape index (κ1) is 19.9. The molecule has 0 aromatic heterocycles.